The van der Waals surface area contributed by atoms with Gasteiger partial charge in [-0.2, -0.15) is 0 Å². The van der Waals surface area contributed by atoms with Gasteiger partial charge < -0.3 is 15.0 Å². The predicted molar refractivity (Wildman–Crippen MR) is 174 cm³/mol. The van der Waals surface area contributed by atoms with Gasteiger partial charge >= 0.3 is 0 Å². The molecule has 0 amide bonds. The summed E-state index contributed by atoms with van der Waals surface area (Å²) >= 11 is 0. The van der Waals surface area contributed by atoms with Crippen molar-refractivity contribution in [3.63, 3.8) is 0 Å². The molecular weight excluding hydrogens is 526 g/mol. The molecule has 0 radical (unpaired) electrons. The van der Waals surface area contributed by atoms with Crippen molar-refractivity contribution in [1.29, 1.82) is 0 Å². The number of rotatable bonds is 13. The van der Waals surface area contributed by atoms with Gasteiger partial charge in [0.1, 0.15) is 11.9 Å². The Labute approximate surface area is 254 Å². The summed E-state index contributed by atoms with van der Waals surface area (Å²) in [5.41, 5.74) is 1.97. The van der Waals surface area contributed by atoms with Crippen LogP contribution < -0.4 is 10.1 Å². The predicted octanol–water partition coefficient (Wildman–Crippen LogP) is 9.95. The number of hydrogen-bond acceptors (Lipinski definition) is 3. The fourth-order valence-corrected chi connectivity index (χ4v) is 5.15. The molecule has 42 heavy (non-hydrogen) atoms. The van der Waals surface area contributed by atoms with Gasteiger partial charge in [0.05, 0.1) is 0 Å². The highest BCUT2D eigenvalue weighted by Crippen LogP contribution is 2.31. The summed E-state index contributed by atoms with van der Waals surface area (Å²) in [6.45, 7) is 11.8. The fourth-order valence-electron chi connectivity index (χ4n) is 5.15. The van der Waals surface area contributed by atoms with Crippen molar-refractivity contribution >= 4 is 0 Å². The minimum atomic E-state index is -0.491. The standard InChI is InChI=1S/C30H35F2NO.C5H13N.C2H6/c31-27-15-8-7-14-26(27)29(34-30-18-10-9-16-28(30)32)17-6-1-2-11-21-33-22-19-25(20-23-33)24-12-4-3-5-13-24;1-4-5(2)6-3;1-2/h3-5,7-10,12-16,18,25,29H,1-2,6,11,17,19-23H2;5-6H,4H2,1-3H3;1-2H3. The van der Waals surface area contributed by atoms with Crippen molar-refractivity contribution in [2.75, 3.05) is 26.7 Å². The van der Waals surface area contributed by atoms with Gasteiger partial charge in [0.25, 0.3) is 0 Å². The second kappa shape index (κ2) is 21.0. The van der Waals surface area contributed by atoms with Crippen LogP contribution in [-0.2, 0) is 0 Å². The molecule has 1 aliphatic heterocycles. The first-order chi connectivity index (χ1) is 20.5. The van der Waals surface area contributed by atoms with E-state index in [2.05, 4.69) is 54.4 Å². The zero-order chi connectivity index (χ0) is 30.6. The minimum absolute atomic E-state index is 0.176. The average Bonchev–Trinajstić information content (AvgIpc) is 3.05. The van der Waals surface area contributed by atoms with Gasteiger partial charge in [-0.3, -0.25) is 0 Å². The molecule has 0 aromatic heterocycles. The molecule has 0 aliphatic carbocycles. The second-order valence-corrected chi connectivity index (χ2v) is 10.9. The molecule has 5 heteroatoms. The van der Waals surface area contributed by atoms with Crippen LogP contribution in [0.3, 0.4) is 0 Å². The first-order valence-electron chi connectivity index (χ1n) is 16.1. The van der Waals surface area contributed by atoms with E-state index in [0.717, 1.165) is 25.8 Å². The average molecular weight is 581 g/mol. The van der Waals surface area contributed by atoms with Crippen molar-refractivity contribution in [3.05, 3.63) is 102 Å². The molecule has 0 spiro atoms. The Hall–Kier alpha value is -2.76. The number of nitrogens with zero attached hydrogens (tertiary/aromatic N) is 1. The van der Waals surface area contributed by atoms with Gasteiger partial charge in [-0.15, -0.1) is 0 Å². The maximum Gasteiger partial charge on any atom is 0.165 e. The molecule has 1 saturated heterocycles. The highest BCUT2D eigenvalue weighted by molar-refractivity contribution is 5.27. The third-order valence-corrected chi connectivity index (χ3v) is 8.01. The molecule has 2 atom stereocenters. The summed E-state index contributed by atoms with van der Waals surface area (Å²) in [4.78, 5) is 2.59. The number of ether oxygens (including phenoxy) is 1. The van der Waals surface area contributed by atoms with Crippen LogP contribution in [0, 0.1) is 11.6 Å². The summed E-state index contributed by atoms with van der Waals surface area (Å²) in [6, 6.07) is 24.5. The molecule has 1 N–H and O–H groups in total. The first-order valence-corrected chi connectivity index (χ1v) is 16.1. The van der Waals surface area contributed by atoms with E-state index in [-0.39, 0.29) is 11.6 Å². The maximum absolute atomic E-state index is 14.4. The van der Waals surface area contributed by atoms with Gasteiger partial charge in [0.2, 0.25) is 0 Å². The normalized spacial score (nSPS) is 15.0. The van der Waals surface area contributed by atoms with E-state index in [1.54, 1.807) is 36.4 Å². The van der Waals surface area contributed by atoms with Crippen LogP contribution in [0.15, 0.2) is 78.9 Å². The Morgan fingerprint density at radius 3 is 2.00 bits per heavy atom. The largest absolute Gasteiger partial charge is 0.483 e. The van der Waals surface area contributed by atoms with E-state index in [1.807, 2.05) is 20.9 Å². The molecule has 4 rings (SSSR count). The zero-order valence-corrected chi connectivity index (χ0v) is 26.6. The topological polar surface area (TPSA) is 24.5 Å². The van der Waals surface area contributed by atoms with Crippen molar-refractivity contribution < 1.29 is 13.5 Å². The molecular formula is C37H54F2N2O. The zero-order valence-electron chi connectivity index (χ0n) is 26.6. The lowest BCUT2D eigenvalue weighted by atomic mass is 9.89. The third kappa shape index (κ3) is 12.6. The number of halogens is 2. The maximum atomic E-state index is 14.4. The second-order valence-electron chi connectivity index (χ2n) is 10.9. The Morgan fingerprint density at radius 1 is 0.810 bits per heavy atom. The van der Waals surface area contributed by atoms with E-state index in [4.69, 9.17) is 4.74 Å². The molecule has 2 unspecified atom stereocenters. The van der Waals surface area contributed by atoms with E-state index < -0.39 is 11.9 Å². The summed E-state index contributed by atoms with van der Waals surface area (Å²) in [5.74, 6) is 0.152. The lowest BCUT2D eigenvalue weighted by Gasteiger charge is -2.32. The Kier molecular flexibility index (Phi) is 17.7. The summed E-state index contributed by atoms with van der Waals surface area (Å²) in [7, 11) is 1.98. The number of para-hydroxylation sites is 1. The molecule has 1 fully saturated rings. The third-order valence-electron chi connectivity index (χ3n) is 8.01. The molecule has 3 nitrogen and oxygen atoms in total. The smallest absolute Gasteiger partial charge is 0.165 e. The van der Waals surface area contributed by atoms with Crippen LogP contribution >= 0.6 is 0 Å². The molecule has 1 heterocycles. The van der Waals surface area contributed by atoms with Gasteiger partial charge in [-0.25, -0.2) is 8.78 Å². The highest BCUT2D eigenvalue weighted by Gasteiger charge is 2.21. The SMILES string of the molecule is CC.CCC(C)NC.Fc1ccccc1OC(CCCCCCN1CCC(c2ccccc2)CC1)c1ccccc1F. The van der Waals surface area contributed by atoms with Crippen molar-refractivity contribution in [1.82, 2.24) is 10.2 Å². The van der Waals surface area contributed by atoms with Gasteiger partial charge in [-0.05, 0) is 102 Å². The van der Waals surface area contributed by atoms with Gasteiger partial charge in [0.15, 0.2) is 11.6 Å². The molecule has 3 aromatic rings. The molecule has 0 bridgehead atoms. The summed E-state index contributed by atoms with van der Waals surface area (Å²) in [6.07, 6.45) is 8.17. The number of unbranched alkanes of at least 4 members (excludes halogenated alkanes) is 3. The van der Waals surface area contributed by atoms with Crippen molar-refractivity contribution in [2.45, 2.75) is 97.1 Å². The van der Waals surface area contributed by atoms with E-state index >= 15 is 0 Å². The number of benzene rings is 3. The minimum Gasteiger partial charge on any atom is -0.483 e. The van der Waals surface area contributed by atoms with Crippen LogP contribution in [0.25, 0.3) is 0 Å². The number of nitrogens with one attached hydrogen (secondary N) is 1. The first kappa shape index (κ1) is 35.4. The summed E-state index contributed by atoms with van der Waals surface area (Å²) in [5, 5.41) is 3.11. The molecule has 3 aromatic carbocycles. The molecule has 0 saturated carbocycles. The van der Waals surface area contributed by atoms with E-state index in [9.17, 15) is 8.78 Å². The Morgan fingerprint density at radius 2 is 1.40 bits per heavy atom. The van der Waals surface area contributed by atoms with Crippen molar-refractivity contribution in [2.24, 2.45) is 0 Å². The van der Waals surface area contributed by atoms with Crippen molar-refractivity contribution in [3.8, 4) is 5.75 Å². The lowest BCUT2D eigenvalue weighted by Crippen LogP contribution is -2.33. The van der Waals surface area contributed by atoms with Crippen LogP contribution in [0.2, 0.25) is 0 Å². The summed E-state index contributed by atoms with van der Waals surface area (Å²) < 4.78 is 34.5. The van der Waals surface area contributed by atoms with Crippen LogP contribution in [-0.4, -0.2) is 37.6 Å². The Bertz CT molecular complexity index is 1080. The van der Waals surface area contributed by atoms with Crippen LogP contribution in [0.4, 0.5) is 8.78 Å². The monoisotopic (exact) mass is 580 g/mol. The van der Waals surface area contributed by atoms with E-state index in [1.165, 1.54) is 56.5 Å². The van der Waals surface area contributed by atoms with Gasteiger partial charge in [0, 0.05) is 11.6 Å². The quantitative estimate of drug-likeness (QED) is 0.204. The molecule has 232 valence electrons. The lowest BCUT2D eigenvalue weighted by molar-refractivity contribution is 0.176. The van der Waals surface area contributed by atoms with Crippen LogP contribution in [0.5, 0.6) is 5.75 Å². The Balaban J connectivity index is 0.000000686. The number of hydrogen-bond donors (Lipinski definition) is 1. The number of likely N-dealkylation sites (tertiary alicyclic amines) is 1. The molecule has 1 aliphatic rings. The highest BCUT2D eigenvalue weighted by atomic mass is 19.1. The van der Waals surface area contributed by atoms with Crippen LogP contribution in [0.1, 0.15) is 102 Å². The van der Waals surface area contributed by atoms with E-state index in [0.29, 0.717) is 23.9 Å². The number of piperidine rings is 1. The fraction of sp³-hybridized carbons (Fsp3) is 0.514. The van der Waals surface area contributed by atoms with Gasteiger partial charge in [-0.1, -0.05) is 94.3 Å².